The molecule has 3 aliphatic heterocycles. The van der Waals surface area contributed by atoms with Crippen LogP contribution in [0.5, 0.6) is 0 Å². The van der Waals surface area contributed by atoms with Gasteiger partial charge in [-0.25, -0.2) is 0 Å². The Kier molecular flexibility index (Phi) is 17.7. The lowest BCUT2D eigenvalue weighted by atomic mass is 9.94. The molecule has 314 valence electrons. The summed E-state index contributed by atoms with van der Waals surface area (Å²) in [6, 6.07) is -4.68. The average Bonchev–Trinajstić information content (AvgIpc) is 3.12. The zero-order valence-electron chi connectivity index (χ0n) is 29.5. The number of aliphatic hydroxyl groups excluding tert-OH is 12. The van der Waals surface area contributed by atoms with Gasteiger partial charge in [0.15, 0.2) is 18.9 Å². The lowest BCUT2D eigenvalue weighted by Gasteiger charge is -2.49. The molecule has 24 heteroatoms. The fourth-order valence-electron chi connectivity index (χ4n) is 6.25. The monoisotopic (exact) mass is 791 g/mol. The molecule has 3 rings (SSSR count). The van der Waals surface area contributed by atoms with E-state index in [0.29, 0.717) is 0 Å². The molecule has 0 radical (unpaired) electrons. The maximum atomic E-state index is 12.5. The predicted octanol–water partition coefficient (Wildman–Crippen LogP) is -9.68. The van der Waals surface area contributed by atoms with Crippen molar-refractivity contribution in [3.8, 4) is 0 Å². The molecule has 54 heavy (non-hydrogen) atoms. The third-order valence-corrected chi connectivity index (χ3v) is 9.05. The molecule has 0 saturated carbocycles. The predicted molar refractivity (Wildman–Crippen MR) is 171 cm³/mol. The van der Waals surface area contributed by atoms with Crippen LogP contribution >= 0.6 is 0 Å². The highest BCUT2D eigenvalue weighted by molar-refractivity contribution is 5.74. The van der Waals surface area contributed by atoms with E-state index in [1.807, 2.05) is 0 Å². The Balaban J connectivity index is 2.08. The molecule has 0 aromatic heterocycles. The number of ether oxygens (including phenoxy) is 6. The topological polar surface area (TPSA) is 385 Å². The second-order valence-electron chi connectivity index (χ2n) is 13.2. The van der Waals surface area contributed by atoms with Crippen LogP contribution in [0, 0.1) is 0 Å². The first kappa shape index (κ1) is 46.1. The van der Waals surface area contributed by atoms with Crippen LogP contribution in [0.15, 0.2) is 0 Å². The second kappa shape index (κ2) is 20.7. The molecule has 0 aliphatic carbocycles. The Morgan fingerprint density at radius 1 is 0.630 bits per heavy atom. The van der Waals surface area contributed by atoms with Gasteiger partial charge in [-0.3, -0.25) is 14.4 Å². The number of carbonyl (C=O) groups excluding carboxylic acids is 3. The highest BCUT2D eigenvalue weighted by atomic mass is 16.7. The summed E-state index contributed by atoms with van der Waals surface area (Å²) in [5, 5.41) is 132. The summed E-state index contributed by atoms with van der Waals surface area (Å²) in [5.74, 6) is -2.24. The van der Waals surface area contributed by atoms with Crippen LogP contribution < -0.4 is 16.0 Å². The van der Waals surface area contributed by atoms with Crippen LogP contribution in [-0.4, -0.2) is 228 Å². The summed E-state index contributed by atoms with van der Waals surface area (Å²) in [6.45, 7) is -1.26. The van der Waals surface area contributed by atoms with Crippen molar-refractivity contribution < 1.29 is 104 Å². The van der Waals surface area contributed by atoms with Gasteiger partial charge in [-0.1, -0.05) is 0 Å². The molecular weight excluding hydrogens is 738 g/mol. The van der Waals surface area contributed by atoms with Gasteiger partial charge in [0, 0.05) is 20.8 Å². The van der Waals surface area contributed by atoms with E-state index in [1.54, 1.807) is 0 Å². The van der Waals surface area contributed by atoms with Crippen molar-refractivity contribution in [2.24, 2.45) is 0 Å². The first-order valence-corrected chi connectivity index (χ1v) is 17.0. The summed E-state index contributed by atoms with van der Waals surface area (Å²) in [7, 11) is 0. The van der Waals surface area contributed by atoms with Crippen molar-refractivity contribution in [1.82, 2.24) is 16.0 Å². The van der Waals surface area contributed by atoms with Crippen molar-refractivity contribution in [2.45, 2.75) is 137 Å². The molecule has 3 fully saturated rings. The Hall–Kier alpha value is -2.31. The Labute approximate surface area is 308 Å². The summed E-state index contributed by atoms with van der Waals surface area (Å²) < 4.78 is 34.6. The van der Waals surface area contributed by atoms with Crippen LogP contribution in [0.25, 0.3) is 0 Å². The number of carbonyl (C=O) groups is 3. The van der Waals surface area contributed by atoms with Gasteiger partial charge >= 0.3 is 0 Å². The summed E-state index contributed by atoms with van der Waals surface area (Å²) in [6.07, 6.45) is -29.0. The van der Waals surface area contributed by atoms with Gasteiger partial charge < -0.3 is 106 Å². The van der Waals surface area contributed by atoms with Gasteiger partial charge in [0.2, 0.25) is 17.7 Å². The van der Waals surface area contributed by atoms with E-state index in [2.05, 4.69) is 16.0 Å². The Bertz CT molecular complexity index is 1210. The highest BCUT2D eigenvalue weighted by Gasteiger charge is 2.54. The number of aliphatic hydroxyl groups is 12. The summed E-state index contributed by atoms with van der Waals surface area (Å²) >= 11 is 0. The van der Waals surface area contributed by atoms with E-state index in [9.17, 15) is 75.7 Å². The van der Waals surface area contributed by atoms with Crippen molar-refractivity contribution in [3.63, 3.8) is 0 Å². The van der Waals surface area contributed by atoms with E-state index in [0.717, 1.165) is 20.8 Å². The largest absolute Gasteiger partial charge is 0.394 e. The molecule has 3 amide bonds. The van der Waals surface area contributed by atoms with Gasteiger partial charge in [0.05, 0.1) is 39.1 Å². The smallest absolute Gasteiger partial charge is 0.217 e. The first-order chi connectivity index (χ1) is 25.4. The molecule has 0 aromatic carbocycles. The van der Waals surface area contributed by atoms with Crippen LogP contribution in [0.1, 0.15) is 20.8 Å². The molecule has 3 saturated heterocycles. The van der Waals surface area contributed by atoms with E-state index in [1.165, 1.54) is 0 Å². The van der Waals surface area contributed by atoms with Crippen LogP contribution in [0.2, 0.25) is 0 Å². The maximum absolute atomic E-state index is 12.5. The number of hydrogen-bond donors (Lipinski definition) is 15. The van der Waals surface area contributed by atoms with Crippen molar-refractivity contribution in [3.05, 3.63) is 0 Å². The third-order valence-electron chi connectivity index (χ3n) is 9.05. The minimum atomic E-state index is -2.08. The molecule has 15 N–H and O–H groups in total. The zero-order valence-corrected chi connectivity index (χ0v) is 29.5. The quantitative estimate of drug-likeness (QED) is 0.0650. The maximum Gasteiger partial charge on any atom is 0.217 e. The lowest BCUT2D eigenvalue weighted by molar-refractivity contribution is -0.355. The van der Waals surface area contributed by atoms with Crippen molar-refractivity contribution in [2.75, 3.05) is 33.0 Å². The zero-order chi connectivity index (χ0) is 40.6. The Morgan fingerprint density at radius 3 is 1.69 bits per heavy atom. The standard InChI is InChI=1S/C30H53N3O21/c1-9(38)31-12(4-34)26(19(42)13(41)5-35)53-29-18(33-11(3)40)27(54-30-25(48)24(47)21(44)15(7-37)51-30)22(45)16(52-29)8-49-28-17(32-10(2)39)23(46)20(43)14(6-36)50-28/h12-30,34-37,41-48H,4-8H2,1-3H3,(H,31,38)(H,32,39)(H,33,40)/t12-,13+,14+,15+,16+,17+,18+,19-,20+,21-,22-,23+,24-,25+,26+,27+,28+,29+,30?/m0/s1. The molecule has 1 unspecified atom stereocenters. The average molecular weight is 792 g/mol. The molecule has 24 nitrogen and oxygen atoms in total. The molecule has 3 heterocycles. The summed E-state index contributed by atoms with van der Waals surface area (Å²) in [5.41, 5.74) is 0. The van der Waals surface area contributed by atoms with Crippen molar-refractivity contribution in [1.29, 1.82) is 0 Å². The van der Waals surface area contributed by atoms with Gasteiger partial charge in [-0.05, 0) is 0 Å². The number of amides is 3. The van der Waals surface area contributed by atoms with Gasteiger partial charge in [0.1, 0.15) is 91.4 Å². The molecule has 0 spiro atoms. The number of rotatable bonds is 17. The van der Waals surface area contributed by atoms with Gasteiger partial charge in [0.25, 0.3) is 0 Å². The SMILES string of the molecule is CC(=O)N[C@H]1[C@H](OC[C@H]2O[C@H](O[C@@H]([C@@H](O)[C@H](O)CO)[C@H](CO)NC(C)=O)[C@H](NC(C)=O)[C@@H](OC3O[C@H](CO)[C@H](O)[C@H](O)[C@H]3O)[C@H]2O)O[C@H](CO)[C@@H](O)[C@@H]1O. The number of hydrogen-bond acceptors (Lipinski definition) is 21. The van der Waals surface area contributed by atoms with Crippen molar-refractivity contribution >= 4 is 17.7 Å². The molecule has 3 aliphatic rings. The van der Waals surface area contributed by atoms with E-state index in [-0.39, 0.29) is 0 Å². The first-order valence-electron chi connectivity index (χ1n) is 17.0. The van der Waals surface area contributed by atoms with Gasteiger partial charge in [-0.2, -0.15) is 0 Å². The van der Waals surface area contributed by atoms with E-state index in [4.69, 9.17) is 28.4 Å². The highest BCUT2D eigenvalue weighted by Crippen LogP contribution is 2.32. The molecular formula is C30H53N3O21. The minimum Gasteiger partial charge on any atom is -0.394 e. The normalized spacial score (nSPS) is 39.5. The number of nitrogens with one attached hydrogen (secondary N) is 3. The molecule has 0 aromatic rings. The fraction of sp³-hybridized carbons (Fsp3) is 0.900. The third kappa shape index (κ3) is 11.2. The van der Waals surface area contributed by atoms with Crippen LogP contribution in [0.3, 0.4) is 0 Å². The van der Waals surface area contributed by atoms with Gasteiger partial charge in [-0.15, -0.1) is 0 Å². The lowest BCUT2D eigenvalue weighted by Crippen LogP contribution is -2.70. The Morgan fingerprint density at radius 2 is 1.17 bits per heavy atom. The van der Waals surface area contributed by atoms with E-state index < -0.39 is 167 Å². The minimum absolute atomic E-state index is 0.688. The van der Waals surface area contributed by atoms with Crippen LogP contribution in [0.4, 0.5) is 0 Å². The summed E-state index contributed by atoms with van der Waals surface area (Å²) in [4.78, 5) is 36.4. The second-order valence-corrected chi connectivity index (χ2v) is 13.2. The van der Waals surface area contributed by atoms with Crippen LogP contribution in [-0.2, 0) is 42.8 Å². The fourth-order valence-corrected chi connectivity index (χ4v) is 6.25. The molecule has 19 atom stereocenters. The van der Waals surface area contributed by atoms with E-state index >= 15 is 0 Å². The molecule has 0 bridgehead atoms.